The second kappa shape index (κ2) is 6.21. The summed E-state index contributed by atoms with van der Waals surface area (Å²) in [4.78, 5) is 22.8. The summed E-state index contributed by atoms with van der Waals surface area (Å²) in [7, 11) is 0. The highest BCUT2D eigenvalue weighted by Gasteiger charge is 2.32. The fourth-order valence-electron chi connectivity index (χ4n) is 1.21. The zero-order valence-electron chi connectivity index (χ0n) is 12.6. The smallest absolute Gasteiger partial charge is 0.311 e. The van der Waals surface area contributed by atoms with E-state index in [1.54, 1.807) is 0 Å². The monoisotopic (exact) mass is 258 g/mol. The predicted octanol–water partition coefficient (Wildman–Crippen LogP) is 2.94. The zero-order chi connectivity index (χ0) is 14.6. The topological polar surface area (TPSA) is 52.6 Å². The Hall–Kier alpha value is -1.06. The van der Waals surface area contributed by atoms with Crippen molar-refractivity contribution < 1.29 is 19.1 Å². The highest BCUT2D eigenvalue weighted by Crippen LogP contribution is 2.25. The van der Waals surface area contributed by atoms with Crippen molar-refractivity contribution in [2.24, 2.45) is 11.3 Å². The average molecular weight is 258 g/mol. The van der Waals surface area contributed by atoms with E-state index < -0.39 is 11.0 Å². The van der Waals surface area contributed by atoms with Gasteiger partial charge in [0.15, 0.2) is 0 Å². The van der Waals surface area contributed by atoms with Crippen molar-refractivity contribution in [3.8, 4) is 0 Å². The lowest BCUT2D eigenvalue weighted by Crippen LogP contribution is -2.38. The lowest BCUT2D eigenvalue weighted by Gasteiger charge is -2.31. The maximum atomic E-state index is 11.8. The Bertz CT molecular complexity index is 305. The van der Waals surface area contributed by atoms with Crippen molar-refractivity contribution in [2.75, 3.05) is 6.61 Å². The molecule has 0 heterocycles. The van der Waals surface area contributed by atoms with Crippen LogP contribution in [0.3, 0.4) is 0 Å². The Morgan fingerprint density at radius 1 is 1.17 bits per heavy atom. The van der Waals surface area contributed by atoms with Crippen molar-refractivity contribution in [2.45, 2.75) is 60.5 Å². The summed E-state index contributed by atoms with van der Waals surface area (Å²) < 4.78 is 10.5. The lowest BCUT2D eigenvalue weighted by molar-refractivity contribution is -0.166. The van der Waals surface area contributed by atoms with Gasteiger partial charge in [0.25, 0.3) is 0 Å². The van der Waals surface area contributed by atoms with Gasteiger partial charge in [-0.15, -0.1) is 0 Å². The van der Waals surface area contributed by atoms with Gasteiger partial charge in [-0.05, 0) is 34.1 Å². The standard InChI is InChI=1S/C14H26O4/c1-8-13(4,5)12(16)17-9-10(2)14(6,7)18-11(3)15/h10H,8-9H2,1-7H3. The lowest BCUT2D eigenvalue weighted by atomic mass is 9.90. The SMILES string of the molecule is CCC(C)(C)C(=O)OCC(C)C(C)(C)OC(C)=O. The Morgan fingerprint density at radius 2 is 1.67 bits per heavy atom. The van der Waals surface area contributed by atoms with Gasteiger partial charge in [0, 0.05) is 12.8 Å². The zero-order valence-corrected chi connectivity index (χ0v) is 12.6. The van der Waals surface area contributed by atoms with Gasteiger partial charge in [0.2, 0.25) is 0 Å². The Kier molecular flexibility index (Phi) is 5.84. The molecule has 0 saturated heterocycles. The third-order valence-corrected chi connectivity index (χ3v) is 3.49. The number of carbonyl (C=O) groups excluding carboxylic acids is 2. The molecule has 0 N–H and O–H groups in total. The Labute approximate surface area is 110 Å². The van der Waals surface area contributed by atoms with Gasteiger partial charge in [-0.25, -0.2) is 0 Å². The predicted molar refractivity (Wildman–Crippen MR) is 70.0 cm³/mol. The molecule has 1 atom stereocenters. The number of hydrogen-bond acceptors (Lipinski definition) is 4. The minimum atomic E-state index is -0.636. The molecular formula is C14H26O4. The first kappa shape index (κ1) is 16.9. The van der Waals surface area contributed by atoms with Crippen molar-refractivity contribution >= 4 is 11.9 Å². The second-order valence-corrected chi connectivity index (χ2v) is 5.93. The first-order chi connectivity index (χ1) is 8.03. The van der Waals surface area contributed by atoms with Gasteiger partial charge < -0.3 is 9.47 Å². The van der Waals surface area contributed by atoms with Crippen molar-refractivity contribution in [1.82, 2.24) is 0 Å². The molecule has 0 saturated carbocycles. The maximum absolute atomic E-state index is 11.8. The summed E-state index contributed by atoms with van der Waals surface area (Å²) in [5.41, 5.74) is -1.10. The number of carbonyl (C=O) groups is 2. The molecule has 0 aliphatic rings. The molecule has 0 aromatic carbocycles. The summed E-state index contributed by atoms with van der Waals surface area (Å²) in [6, 6.07) is 0. The summed E-state index contributed by atoms with van der Waals surface area (Å²) in [5, 5.41) is 0. The number of esters is 2. The van der Waals surface area contributed by atoms with Crippen LogP contribution in [0.25, 0.3) is 0 Å². The minimum absolute atomic E-state index is 0.0574. The molecular weight excluding hydrogens is 232 g/mol. The van der Waals surface area contributed by atoms with E-state index in [-0.39, 0.29) is 24.5 Å². The quantitative estimate of drug-likeness (QED) is 0.687. The van der Waals surface area contributed by atoms with Gasteiger partial charge in [0.05, 0.1) is 12.0 Å². The molecule has 18 heavy (non-hydrogen) atoms. The van der Waals surface area contributed by atoms with Crippen LogP contribution in [0.4, 0.5) is 0 Å². The van der Waals surface area contributed by atoms with Crippen molar-refractivity contribution in [1.29, 1.82) is 0 Å². The van der Waals surface area contributed by atoms with Crippen molar-refractivity contribution in [3.63, 3.8) is 0 Å². The molecule has 4 nitrogen and oxygen atoms in total. The first-order valence-corrected chi connectivity index (χ1v) is 6.39. The van der Waals surface area contributed by atoms with Crippen LogP contribution >= 0.6 is 0 Å². The highest BCUT2D eigenvalue weighted by molar-refractivity contribution is 5.75. The molecule has 0 aromatic heterocycles. The fraction of sp³-hybridized carbons (Fsp3) is 0.857. The van der Waals surface area contributed by atoms with Crippen LogP contribution < -0.4 is 0 Å². The molecule has 106 valence electrons. The van der Waals surface area contributed by atoms with Crippen molar-refractivity contribution in [3.05, 3.63) is 0 Å². The van der Waals surface area contributed by atoms with Gasteiger partial charge in [-0.2, -0.15) is 0 Å². The Balaban J connectivity index is 4.38. The summed E-state index contributed by atoms with van der Waals surface area (Å²) in [5.74, 6) is -0.597. The fourth-order valence-corrected chi connectivity index (χ4v) is 1.21. The molecule has 0 amide bonds. The third-order valence-electron chi connectivity index (χ3n) is 3.49. The molecule has 1 unspecified atom stereocenters. The molecule has 0 rings (SSSR count). The Morgan fingerprint density at radius 3 is 2.06 bits per heavy atom. The summed E-state index contributed by atoms with van der Waals surface area (Å²) >= 11 is 0. The van der Waals surface area contributed by atoms with E-state index in [0.717, 1.165) is 6.42 Å². The maximum Gasteiger partial charge on any atom is 0.311 e. The number of rotatable bonds is 6. The van der Waals surface area contributed by atoms with Crippen LogP contribution in [-0.2, 0) is 19.1 Å². The molecule has 0 aliphatic carbocycles. The van der Waals surface area contributed by atoms with Crippen LogP contribution in [0, 0.1) is 11.3 Å². The molecule has 0 radical (unpaired) electrons. The molecule has 0 bridgehead atoms. The number of hydrogen-bond donors (Lipinski definition) is 0. The molecule has 4 heteroatoms. The molecule has 0 fully saturated rings. The third kappa shape index (κ3) is 5.07. The second-order valence-electron chi connectivity index (χ2n) is 5.93. The van der Waals surface area contributed by atoms with E-state index in [2.05, 4.69) is 0 Å². The molecule has 0 aromatic rings. The van der Waals surface area contributed by atoms with Crippen LogP contribution in [-0.4, -0.2) is 24.1 Å². The van der Waals surface area contributed by atoms with E-state index in [0.29, 0.717) is 0 Å². The molecule has 0 aliphatic heterocycles. The minimum Gasteiger partial charge on any atom is -0.465 e. The normalized spacial score (nSPS) is 13.9. The van der Waals surface area contributed by atoms with Crippen LogP contribution in [0.15, 0.2) is 0 Å². The summed E-state index contributed by atoms with van der Waals surface area (Å²) in [6.45, 7) is 12.8. The molecule has 0 spiro atoms. The van der Waals surface area contributed by atoms with Crippen LogP contribution in [0.5, 0.6) is 0 Å². The van der Waals surface area contributed by atoms with E-state index >= 15 is 0 Å². The van der Waals surface area contributed by atoms with E-state index in [9.17, 15) is 9.59 Å². The van der Waals surface area contributed by atoms with Crippen LogP contribution in [0.1, 0.15) is 54.9 Å². The average Bonchev–Trinajstić information content (AvgIpc) is 2.23. The van der Waals surface area contributed by atoms with Gasteiger partial charge in [-0.1, -0.05) is 13.8 Å². The van der Waals surface area contributed by atoms with E-state index in [4.69, 9.17) is 9.47 Å². The van der Waals surface area contributed by atoms with Crippen LogP contribution in [0.2, 0.25) is 0 Å². The van der Waals surface area contributed by atoms with Gasteiger partial charge in [-0.3, -0.25) is 9.59 Å². The van der Waals surface area contributed by atoms with E-state index in [1.165, 1.54) is 6.92 Å². The van der Waals surface area contributed by atoms with Gasteiger partial charge >= 0.3 is 11.9 Å². The van der Waals surface area contributed by atoms with Gasteiger partial charge in [0.1, 0.15) is 5.60 Å². The number of ether oxygens (including phenoxy) is 2. The van der Waals surface area contributed by atoms with E-state index in [1.807, 2.05) is 41.5 Å². The first-order valence-electron chi connectivity index (χ1n) is 6.39. The highest BCUT2D eigenvalue weighted by atomic mass is 16.6. The summed E-state index contributed by atoms with van der Waals surface area (Å²) in [6.07, 6.45) is 0.730. The largest absolute Gasteiger partial charge is 0.465 e.